The number of nitrogens with zero attached hydrogens (tertiary/aromatic N) is 4. The summed E-state index contributed by atoms with van der Waals surface area (Å²) in [5.41, 5.74) is 1.46. The molecule has 0 bridgehead atoms. The molecular weight excluding hydrogens is 386 g/mol. The number of hydrogen-bond acceptors (Lipinski definition) is 8. The molecule has 0 spiro atoms. The van der Waals surface area contributed by atoms with Crippen molar-refractivity contribution in [3.05, 3.63) is 42.4 Å². The van der Waals surface area contributed by atoms with Crippen LogP contribution in [0.1, 0.15) is 31.3 Å². The standard InChI is InChI=1S/C21H27N5O4/c1-21(2,3)30-20(28)26-13-11-25(12-14-26)16-7-5-15(6-8-16)24-18-17(19(27)29-4)22-9-10-23-18/h5-10H,11-14H2,1-4H3,(H,23,24). The minimum atomic E-state index is -0.551. The molecule has 1 fully saturated rings. The van der Waals surface area contributed by atoms with Crippen LogP contribution < -0.4 is 10.2 Å². The summed E-state index contributed by atoms with van der Waals surface area (Å²) in [5.74, 6) is -0.215. The molecule has 1 aliphatic rings. The van der Waals surface area contributed by atoms with Crippen molar-refractivity contribution < 1.29 is 19.1 Å². The van der Waals surface area contributed by atoms with Gasteiger partial charge in [-0.15, -0.1) is 0 Å². The number of hydrogen-bond donors (Lipinski definition) is 1. The molecule has 1 N–H and O–H groups in total. The Labute approximate surface area is 176 Å². The van der Waals surface area contributed by atoms with Crippen molar-refractivity contribution in [3.8, 4) is 0 Å². The van der Waals surface area contributed by atoms with E-state index in [2.05, 4.69) is 20.2 Å². The van der Waals surface area contributed by atoms with Crippen LogP contribution >= 0.6 is 0 Å². The number of nitrogens with one attached hydrogen (secondary N) is 1. The van der Waals surface area contributed by atoms with E-state index < -0.39 is 11.6 Å². The predicted octanol–water partition coefficient (Wildman–Crippen LogP) is 3.06. The number of methoxy groups -OCH3 is 1. The molecule has 0 radical (unpaired) electrons. The average molecular weight is 413 g/mol. The third-order valence-electron chi connectivity index (χ3n) is 4.50. The highest BCUT2D eigenvalue weighted by atomic mass is 16.6. The topological polar surface area (TPSA) is 96.9 Å². The Morgan fingerprint density at radius 1 is 1.00 bits per heavy atom. The predicted molar refractivity (Wildman–Crippen MR) is 113 cm³/mol. The molecule has 9 nitrogen and oxygen atoms in total. The van der Waals surface area contributed by atoms with Crippen molar-refractivity contribution in [3.63, 3.8) is 0 Å². The lowest BCUT2D eigenvalue weighted by molar-refractivity contribution is 0.0240. The maximum atomic E-state index is 12.2. The smallest absolute Gasteiger partial charge is 0.410 e. The molecule has 1 saturated heterocycles. The van der Waals surface area contributed by atoms with E-state index in [0.717, 1.165) is 24.5 Å². The molecule has 0 unspecified atom stereocenters. The summed E-state index contributed by atoms with van der Waals surface area (Å²) < 4.78 is 10.2. The van der Waals surface area contributed by atoms with Crippen LogP contribution in [0.4, 0.5) is 22.0 Å². The summed E-state index contributed by atoms with van der Waals surface area (Å²) in [6.07, 6.45) is 2.68. The lowest BCUT2D eigenvalue weighted by Crippen LogP contribution is -2.50. The number of carbonyl (C=O) groups excluding carboxylic acids is 2. The van der Waals surface area contributed by atoms with Crippen LogP contribution in [0.3, 0.4) is 0 Å². The van der Waals surface area contributed by atoms with Gasteiger partial charge in [-0.2, -0.15) is 0 Å². The number of aromatic nitrogens is 2. The van der Waals surface area contributed by atoms with Gasteiger partial charge in [0.2, 0.25) is 0 Å². The van der Waals surface area contributed by atoms with E-state index in [9.17, 15) is 9.59 Å². The van der Waals surface area contributed by atoms with Crippen LogP contribution in [-0.2, 0) is 9.47 Å². The first-order chi connectivity index (χ1) is 14.3. The molecule has 1 aromatic heterocycles. The third kappa shape index (κ3) is 5.37. The number of rotatable bonds is 4. The second-order valence-corrected chi connectivity index (χ2v) is 7.87. The zero-order chi connectivity index (χ0) is 21.7. The first kappa shape index (κ1) is 21.4. The Bertz CT molecular complexity index is 887. The molecule has 0 atom stereocenters. The van der Waals surface area contributed by atoms with Gasteiger partial charge < -0.3 is 24.6 Å². The van der Waals surface area contributed by atoms with Crippen LogP contribution in [0.15, 0.2) is 36.7 Å². The molecule has 30 heavy (non-hydrogen) atoms. The fraction of sp³-hybridized carbons (Fsp3) is 0.429. The van der Waals surface area contributed by atoms with Crippen molar-refractivity contribution in [2.45, 2.75) is 26.4 Å². The van der Waals surface area contributed by atoms with E-state index in [1.807, 2.05) is 45.0 Å². The summed E-state index contributed by atoms with van der Waals surface area (Å²) in [6, 6.07) is 7.79. The highest BCUT2D eigenvalue weighted by molar-refractivity contribution is 5.93. The van der Waals surface area contributed by atoms with Crippen LogP contribution in [0.25, 0.3) is 0 Å². The maximum Gasteiger partial charge on any atom is 0.410 e. The highest BCUT2D eigenvalue weighted by Gasteiger charge is 2.26. The lowest BCUT2D eigenvalue weighted by atomic mass is 10.2. The van der Waals surface area contributed by atoms with E-state index in [4.69, 9.17) is 9.47 Å². The number of carbonyl (C=O) groups is 2. The second kappa shape index (κ2) is 8.98. The van der Waals surface area contributed by atoms with Crippen molar-refractivity contribution >= 4 is 29.3 Å². The zero-order valence-corrected chi connectivity index (χ0v) is 17.7. The molecule has 1 aliphatic heterocycles. The Morgan fingerprint density at radius 3 is 2.23 bits per heavy atom. The van der Waals surface area contributed by atoms with Crippen LogP contribution in [0, 0.1) is 0 Å². The quantitative estimate of drug-likeness (QED) is 0.764. The van der Waals surface area contributed by atoms with Crippen molar-refractivity contribution in [2.75, 3.05) is 43.5 Å². The van der Waals surface area contributed by atoms with Gasteiger partial charge in [0.25, 0.3) is 0 Å². The summed E-state index contributed by atoms with van der Waals surface area (Å²) >= 11 is 0. The van der Waals surface area contributed by atoms with E-state index in [1.54, 1.807) is 4.90 Å². The third-order valence-corrected chi connectivity index (χ3v) is 4.50. The Kier molecular flexibility index (Phi) is 6.39. The fourth-order valence-corrected chi connectivity index (χ4v) is 3.04. The number of esters is 1. The largest absolute Gasteiger partial charge is 0.464 e. The Hall–Kier alpha value is -3.36. The number of benzene rings is 1. The SMILES string of the molecule is COC(=O)c1nccnc1Nc1ccc(N2CCN(C(=O)OC(C)(C)C)CC2)cc1. The van der Waals surface area contributed by atoms with E-state index in [-0.39, 0.29) is 11.8 Å². The monoisotopic (exact) mass is 413 g/mol. The summed E-state index contributed by atoms with van der Waals surface area (Å²) in [6.45, 7) is 8.27. The second-order valence-electron chi connectivity index (χ2n) is 7.87. The number of ether oxygens (including phenoxy) is 2. The summed E-state index contributed by atoms with van der Waals surface area (Å²) in [7, 11) is 1.30. The van der Waals surface area contributed by atoms with Gasteiger partial charge in [0.1, 0.15) is 5.60 Å². The normalized spacial score (nSPS) is 14.3. The number of amides is 1. The van der Waals surface area contributed by atoms with Crippen LogP contribution in [0.5, 0.6) is 0 Å². The van der Waals surface area contributed by atoms with Crippen LogP contribution in [-0.4, -0.2) is 65.8 Å². The van der Waals surface area contributed by atoms with Crippen molar-refractivity contribution in [2.24, 2.45) is 0 Å². The number of piperazine rings is 1. The molecule has 1 aromatic carbocycles. The van der Waals surface area contributed by atoms with Gasteiger partial charge in [0.05, 0.1) is 7.11 Å². The summed E-state index contributed by atoms with van der Waals surface area (Å²) in [5, 5.41) is 3.10. The molecule has 1 amide bonds. The van der Waals surface area contributed by atoms with Crippen molar-refractivity contribution in [1.82, 2.24) is 14.9 Å². The van der Waals surface area contributed by atoms with E-state index in [1.165, 1.54) is 19.5 Å². The zero-order valence-electron chi connectivity index (χ0n) is 17.7. The van der Waals surface area contributed by atoms with Gasteiger partial charge in [-0.3, -0.25) is 0 Å². The maximum absolute atomic E-state index is 12.2. The Balaban J connectivity index is 1.60. The van der Waals surface area contributed by atoms with Gasteiger partial charge in [0, 0.05) is 49.9 Å². The van der Waals surface area contributed by atoms with Gasteiger partial charge in [-0.05, 0) is 45.0 Å². The van der Waals surface area contributed by atoms with Gasteiger partial charge in [0.15, 0.2) is 11.5 Å². The van der Waals surface area contributed by atoms with Crippen LogP contribution in [0.2, 0.25) is 0 Å². The molecule has 2 aromatic rings. The molecule has 0 aliphatic carbocycles. The molecule has 2 heterocycles. The highest BCUT2D eigenvalue weighted by Crippen LogP contribution is 2.23. The van der Waals surface area contributed by atoms with Gasteiger partial charge in [-0.1, -0.05) is 0 Å². The van der Waals surface area contributed by atoms with Gasteiger partial charge in [-0.25, -0.2) is 19.6 Å². The minimum Gasteiger partial charge on any atom is -0.464 e. The average Bonchev–Trinajstić information content (AvgIpc) is 2.73. The molecule has 0 saturated carbocycles. The van der Waals surface area contributed by atoms with E-state index >= 15 is 0 Å². The Morgan fingerprint density at radius 2 is 1.63 bits per heavy atom. The molecule has 3 rings (SSSR count). The minimum absolute atomic E-state index is 0.127. The van der Waals surface area contributed by atoms with Crippen molar-refractivity contribution in [1.29, 1.82) is 0 Å². The first-order valence-corrected chi connectivity index (χ1v) is 9.76. The molecule has 160 valence electrons. The first-order valence-electron chi connectivity index (χ1n) is 9.76. The fourth-order valence-electron chi connectivity index (χ4n) is 3.04. The molecule has 9 heteroatoms. The van der Waals surface area contributed by atoms with E-state index in [0.29, 0.717) is 18.9 Å². The lowest BCUT2D eigenvalue weighted by Gasteiger charge is -2.36. The molecular formula is C21H27N5O4. The number of anilines is 3. The van der Waals surface area contributed by atoms with Gasteiger partial charge >= 0.3 is 12.1 Å². The summed E-state index contributed by atoms with van der Waals surface area (Å²) in [4.78, 5) is 36.2.